The average Bonchev–Trinajstić information content (AvgIpc) is 3.68. The molecule has 4 N–H and O–H groups in total. The van der Waals surface area contributed by atoms with Crippen LogP contribution >= 0.6 is 22.9 Å². The van der Waals surface area contributed by atoms with E-state index in [1.54, 1.807) is 9.42 Å². The number of carbonyl (C=O) groups excluding carboxylic acids is 3. The van der Waals surface area contributed by atoms with Gasteiger partial charge in [-0.2, -0.15) is 13.9 Å². The summed E-state index contributed by atoms with van der Waals surface area (Å²) in [7, 11) is 0. The summed E-state index contributed by atoms with van der Waals surface area (Å²) in [6.07, 6.45) is 1.81. The number of rotatable bonds is 9. The second-order valence-electron chi connectivity index (χ2n) is 9.89. The van der Waals surface area contributed by atoms with E-state index in [9.17, 15) is 23.2 Å². The van der Waals surface area contributed by atoms with Crippen LogP contribution in [0.1, 0.15) is 35.1 Å². The number of nitrogen functional groups attached to an aromatic ring is 1. The number of hydrogen-bond donors (Lipinski definition) is 3. The molecule has 0 bridgehead atoms. The normalized spacial score (nSPS) is 17.1. The van der Waals surface area contributed by atoms with Gasteiger partial charge >= 0.3 is 6.43 Å². The number of nitrogens with zero attached hydrogens (tertiary/aromatic N) is 5. The Bertz CT molecular complexity index is 1540. The number of nitrogens with one attached hydrogen (secondary N) is 2. The Morgan fingerprint density at radius 1 is 1.31 bits per heavy atom. The molecule has 1 fully saturated rings. The van der Waals surface area contributed by atoms with Crippen molar-refractivity contribution in [3.05, 3.63) is 39.4 Å². The number of nitrogens with two attached hydrogens (primary N) is 1. The number of halogens is 3. The van der Waals surface area contributed by atoms with Gasteiger partial charge in [-0.3, -0.25) is 14.4 Å². The molecule has 0 aliphatic carbocycles. The average molecular weight is 623 g/mol. The summed E-state index contributed by atoms with van der Waals surface area (Å²) < 4.78 is 32.4. The fourth-order valence-electron chi connectivity index (χ4n) is 5.09. The lowest BCUT2D eigenvalue weighted by atomic mass is 10.0. The summed E-state index contributed by atoms with van der Waals surface area (Å²) in [5.41, 5.74) is 9.57. The summed E-state index contributed by atoms with van der Waals surface area (Å²) in [5, 5.41) is 9.54. The van der Waals surface area contributed by atoms with E-state index in [1.807, 2.05) is 17.5 Å². The van der Waals surface area contributed by atoms with Gasteiger partial charge in [-0.05, 0) is 24.5 Å². The van der Waals surface area contributed by atoms with E-state index in [4.69, 9.17) is 22.1 Å². The lowest BCUT2D eigenvalue weighted by Crippen LogP contribution is -2.47. The molecule has 3 amide bonds. The molecule has 5 heterocycles. The van der Waals surface area contributed by atoms with Crippen LogP contribution in [0.2, 0.25) is 4.34 Å². The van der Waals surface area contributed by atoms with Crippen molar-refractivity contribution in [1.82, 2.24) is 30.1 Å². The van der Waals surface area contributed by atoms with Crippen LogP contribution in [0.4, 0.5) is 20.3 Å². The molecule has 0 radical (unpaired) electrons. The lowest BCUT2D eigenvalue weighted by Gasteiger charge is -2.34. The van der Waals surface area contributed by atoms with Gasteiger partial charge in [0.15, 0.2) is 5.82 Å². The number of fused-ring (bicyclic) bond motifs is 1. The number of anilines is 2. The standard InChI is InChI=1S/C26H29ClF2N8O4S/c1-14(38)35-7-4-15(11-35)17-9-18(21-24(30)32-13-33-37(17)21)36-6-2-3-16(12-36)34-25(39)22-19(10-20(27)42-22)41-8-5-31-26(40)23(28)29/h4,9-10,13,16,23H,2-3,5-8,11-12H2,1H3,(H,31,40)(H,34,39)(H2,30,32,33)/t16-/m1/s1. The molecule has 42 heavy (non-hydrogen) atoms. The molecule has 2 aliphatic rings. The smallest absolute Gasteiger partial charge is 0.315 e. The van der Waals surface area contributed by atoms with Gasteiger partial charge in [0.05, 0.1) is 22.3 Å². The van der Waals surface area contributed by atoms with Crippen molar-refractivity contribution >= 4 is 63.3 Å². The topological polar surface area (TPSA) is 147 Å². The number of carbonyl (C=O) groups is 3. The highest BCUT2D eigenvalue weighted by atomic mass is 35.5. The molecule has 5 rings (SSSR count). The highest BCUT2D eigenvalue weighted by Crippen LogP contribution is 2.36. The van der Waals surface area contributed by atoms with Gasteiger partial charge in [0.25, 0.3) is 11.8 Å². The van der Waals surface area contributed by atoms with Crippen LogP contribution in [-0.4, -0.2) is 89.0 Å². The van der Waals surface area contributed by atoms with Crippen LogP contribution < -0.4 is 26.0 Å². The minimum Gasteiger partial charge on any atom is -0.490 e. The number of aromatic nitrogens is 3. The largest absolute Gasteiger partial charge is 0.490 e. The number of thiophene rings is 1. The maximum absolute atomic E-state index is 13.2. The molecule has 2 aliphatic heterocycles. The summed E-state index contributed by atoms with van der Waals surface area (Å²) in [6, 6.07) is 3.26. The maximum atomic E-state index is 13.2. The van der Waals surface area contributed by atoms with Gasteiger partial charge in [0.2, 0.25) is 5.91 Å². The molecule has 3 aromatic heterocycles. The maximum Gasteiger partial charge on any atom is 0.315 e. The molecule has 0 saturated carbocycles. The van der Waals surface area contributed by atoms with Crippen LogP contribution in [0.25, 0.3) is 11.1 Å². The predicted molar refractivity (Wildman–Crippen MR) is 154 cm³/mol. The molecular weight excluding hydrogens is 594 g/mol. The lowest BCUT2D eigenvalue weighted by molar-refractivity contribution is -0.131. The van der Waals surface area contributed by atoms with Crippen molar-refractivity contribution < 1.29 is 27.9 Å². The summed E-state index contributed by atoms with van der Waals surface area (Å²) >= 11 is 7.18. The van der Waals surface area contributed by atoms with Crippen LogP contribution in [0.3, 0.4) is 0 Å². The van der Waals surface area contributed by atoms with Crippen molar-refractivity contribution in [3.8, 4) is 5.75 Å². The molecule has 12 nitrogen and oxygen atoms in total. The van der Waals surface area contributed by atoms with Gasteiger partial charge in [0, 0.05) is 45.2 Å². The first-order chi connectivity index (χ1) is 20.1. The Labute approximate surface area is 248 Å². The Balaban J connectivity index is 1.29. The fourth-order valence-corrected chi connectivity index (χ4v) is 6.15. The number of piperidine rings is 1. The Morgan fingerprint density at radius 3 is 2.86 bits per heavy atom. The summed E-state index contributed by atoms with van der Waals surface area (Å²) in [4.78, 5) is 44.5. The third-order valence-corrected chi connectivity index (χ3v) is 8.33. The highest BCUT2D eigenvalue weighted by Gasteiger charge is 2.29. The first-order valence-corrected chi connectivity index (χ1v) is 14.4. The molecule has 16 heteroatoms. The SMILES string of the molecule is CC(=O)N1CC=C(c2cc(N3CCC[C@@H](NC(=O)c4sc(Cl)cc4OCCNC(=O)C(F)F)C3)c3c(N)ncnn23)C1. The minimum atomic E-state index is -3.12. The third kappa shape index (κ3) is 6.26. The third-order valence-electron chi connectivity index (χ3n) is 7.08. The second kappa shape index (κ2) is 12.5. The van der Waals surface area contributed by atoms with E-state index in [2.05, 4.69) is 20.3 Å². The number of ether oxygens (including phenoxy) is 1. The molecule has 0 spiro atoms. The number of alkyl halides is 2. The quantitative estimate of drug-likeness (QED) is 0.308. The Kier molecular flexibility index (Phi) is 8.77. The van der Waals surface area contributed by atoms with E-state index in [-0.39, 0.29) is 41.6 Å². The van der Waals surface area contributed by atoms with Crippen molar-refractivity contribution in [2.24, 2.45) is 0 Å². The second-order valence-corrected chi connectivity index (χ2v) is 11.6. The van der Waals surface area contributed by atoms with Crippen molar-refractivity contribution in [3.63, 3.8) is 0 Å². The van der Waals surface area contributed by atoms with Crippen LogP contribution in [0, 0.1) is 0 Å². The van der Waals surface area contributed by atoms with Gasteiger partial charge < -0.3 is 30.9 Å². The van der Waals surface area contributed by atoms with E-state index in [0.717, 1.165) is 47.7 Å². The first-order valence-electron chi connectivity index (χ1n) is 13.2. The fraction of sp³-hybridized carbons (Fsp3) is 0.423. The van der Waals surface area contributed by atoms with Gasteiger partial charge in [-0.1, -0.05) is 17.7 Å². The molecule has 3 aromatic rings. The monoisotopic (exact) mass is 622 g/mol. The summed E-state index contributed by atoms with van der Waals surface area (Å²) in [6.45, 7) is 3.48. The first kappa shape index (κ1) is 29.5. The van der Waals surface area contributed by atoms with Gasteiger partial charge in [-0.15, -0.1) is 11.3 Å². The minimum absolute atomic E-state index is 0.00909. The van der Waals surface area contributed by atoms with Crippen molar-refractivity contribution in [1.29, 1.82) is 0 Å². The van der Waals surface area contributed by atoms with Gasteiger partial charge in [-0.25, -0.2) is 9.50 Å². The molecule has 0 aromatic carbocycles. The zero-order valence-corrected chi connectivity index (χ0v) is 24.2. The van der Waals surface area contributed by atoms with Gasteiger partial charge in [0.1, 0.15) is 29.1 Å². The summed E-state index contributed by atoms with van der Waals surface area (Å²) in [5.74, 6) is -1.25. The number of hydrogen-bond acceptors (Lipinski definition) is 9. The van der Waals surface area contributed by atoms with Crippen molar-refractivity contribution in [2.45, 2.75) is 32.2 Å². The highest BCUT2D eigenvalue weighted by molar-refractivity contribution is 7.18. The molecular formula is C26H29ClF2N8O4S. The molecule has 1 atom stereocenters. The number of amides is 3. The van der Waals surface area contributed by atoms with E-state index >= 15 is 0 Å². The zero-order valence-electron chi connectivity index (χ0n) is 22.6. The van der Waals surface area contributed by atoms with Crippen LogP contribution in [0.5, 0.6) is 5.75 Å². The molecule has 0 unspecified atom stereocenters. The van der Waals surface area contributed by atoms with Crippen LogP contribution in [0.15, 0.2) is 24.5 Å². The van der Waals surface area contributed by atoms with E-state index < -0.39 is 12.3 Å². The molecule has 1 saturated heterocycles. The van der Waals surface area contributed by atoms with E-state index in [0.29, 0.717) is 35.3 Å². The molecule has 224 valence electrons. The van der Waals surface area contributed by atoms with E-state index in [1.165, 1.54) is 19.3 Å². The zero-order chi connectivity index (χ0) is 30.0. The van der Waals surface area contributed by atoms with Crippen LogP contribution in [-0.2, 0) is 9.59 Å². The Morgan fingerprint density at radius 2 is 2.12 bits per heavy atom. The Hall–Kier alpha value is -3.98. The predicted octanol–water partition coefficient (Wildman–Crippen LogP) is 2.43. The van der Waals surface area contributed by atoms with Crippen molar-refractivity contribution in [2.75, 3.05) is 50.0 Å².